The summed E-state index contributed by atoms with van der Waals surface area (Å²) in [6.07, 6.45) is -4.50. The number of para-hydroxylation sites is 1. The number of nitrogens with one attached hydrogen (secondary N) is 1. The van der Waals surface area contributed by atoms with Gasteiger partial charge in [-0.15, -0.1) is 0 Å². The molecule has 3 aromatic carbocycles. The van der Waals surface area contributed by atoms with Gasteiger partial charge in [-0.05, 0) is 72.1 Å². The van der Waals surface area contributed by atoms with E-state index >= 15 is 0 Å². The van der Waals surface area contributed by atoms with E-state index < -0.39 is 11.7 Å². The molecule has 0 aromatic heterocycles. The highest BCUT2D eigenvalue weighted by Gasteiger charge is 2.35. The van der Waals surface area contributed by atoms with E-state index in [0.717, 1.165) is 34.5 Å². The Kier molecular flexibility index (Phi) is 9.12. The van der Waals surface area contributed by atoms with E-state index in [-0.39, 0.29) is 12.5 Å². The maximum atomic E-state index is 13.6. The normalized spacial score (nSPS) is 15.5. The van der Waals surface area contributed by atoms with Crippen LogP contribution in [0.25, 0.3) is 0 Å². The molecule has 0 unspecified atom stereocenters. The van der Waals surface area contributed by atoms with Gasteiger partial charge in [-0.2, -0.15) is 18.4 Å². The van der Waals surface area contributed by atoms with Gasteiger partial charge in [0.25, 0.3) is 5.91 Å². The van der Waals surface area contributed by atoms with Crippen molar-refractivity contribution >= 4 is 51.7 Å². The number of amides is 1. The minimum absolute atomic E-state index is 0.0979. The molecule has 1 fully saturated rings. The Morgan fingerprint density at radius 3 is 2.60 bits per heavy atom. The first-order valence-electron chi connectivity index (χ1n) is 12.3. The van der Waals surface area contributed by atoms with E-state index in [1.54, 1.807) is 29.7 Å². The van der Waals surface area contributed by atoms with Gasteiger partial charge in [0.2, 0.25) is 0 Å². The minimum Gasteiger partial charge on any atom is -0.384 e. The van der Waals surface area contributed by atoms with Crippen molar-refractivity contribution in [2.75, 3.05) is 30.9 Å². The number of alkyl halides is 3. The zero-order chi connectivity index (χ0) is 28.9. The van der Waals surface area contributed by atoms with E-state index in [9.17, 15) is 23.2 Å². The summed E-state index contributed by atoms with van der Waals surface area (Å²) in [4.78, 5) is 23.0. The third-order valence-electron chi connectivity index (χ3n) is 5.83. The van der Waals surface area contributed by atoms with E-state index in [2.05, 4.69) is 11.4 Å². The van der Waals surface area contributed by atoms with Crippen molar-refractivity contribution in [1.29, 1.82) is 5.26 Å². The lowest BCUT2D eigenvalue weighted by Crippen LogP contribution is -2.28. The minimum atomic E-state index is -4.50. The van der Waals surface area contributed by atoms with Crippen molar-refractivity contribution in [2.45, 2.75) is 24.5 Å². The lowest BCUT2D eigenvalue weighted by atomic mass is 10.1. The number of carbonyl (C=O) groups is 1. The number of anilines is 2. The Labute approximate surface area is 239 Å². The molecule has 1 aliphatic rings. The van der Waals surface area contributed by atoms with Gasteiger partial charge in [0.15, 0.2) is 5.17 Å². The molecule has 1 heterocycles. The molecule has 3 aromatic rings. The SMILES string of the molecule is CCNc1ccc(C#N)cc1/N=C1\S/C(=C\Sc2ccccc2N(C)C)C(=O)N1Cc1cccc(C(F)(F)F)c1. The topological polar surface area (TPSA) is 71.7 Å². The summed E-state index contributed by atoms with van der Waals surface area (Å²) in [6.45, 7) is 2.43. The summed E-state index contributed by atoms with van der Waals surface area (Å²) < 4.78 is 40.1. The van der Waals surface area contributed by atoms with Crippen molar-refractivity contribution in [2.24, 2.45) is 4.99 Å². The molecule has 40 heavy (non-hydrogen) atoms. The van der Waals surface area contributed by atoms with Gasteiger partial charge in [0.05, 0.1) is 45.7 Å². The standard InChI is InChI=1S/C29H26F3N5OS2/c1-4-34-22-13-12-19(16-33)15-23(22)35-28-37(17-20-8-7-9-21(14-20)29(30,31)32)27(38)26(40-28)18-39-25-11-6-5-10-24(25)36(2)3/h5-15,18,34H,4,17H2,1-3H3/b26-18-,35-28-. The summed E-state index contributed by atoms with van der Waals surface area (Å²) in [5.74, 6) is -0.363. The highest BCUT2D eigenvalue weighted by atomic mass is 32.2. The number of aliphatic imine (C=N–C) groups is 1. The third kappa shape index (κ3) is 6.81. The van der Waals surface area contributed by atoms with Crippen LogP contribution in [0.5, 0.6) is 0 Å². The molecule has 0 spiro atoms. The number of hydrogen-bond acceptors (Lipinski definition) is 7. The Hall–Kier alpha value is -3.88. The predicted molar refractivity (Wildman–Crippen MR) is 157 cm³/mol. The quantitative estimate of drug-likeness (QED) is 0.220. The van der Waals surface area contributed by atoms with Gasteiger partial charge in [-0.25, -0.2) is 4.99 Å². The van der Waals surface area contributed by atoms with E-state index in [1.165, 1.54) is 22.7 Å². The smallest absolute Gasteiger partial charge is 0.384 e. The number of carbonyl (C=O) groups excluding carboxylic acids is 1. The number of hydrogen-bond donors (Lipinski definition) is 1. The Balaban J connectivity index is 1.75. The molecule has 0 aliphatic carbocycles. The van der Waals surface area contributed by atoms with Crippen LogP contribution in [-0.4, -0.2) is 36.6 Å². The summed E-state index contributed by atoms with van der Waals surface area (Å²) in [5.41, 5.74) is 2.04. The maximum absolute atomic E-state index is 13.6. The van der Waals surface area contributed by atoms with Crippen LogP contribution in [0.3, 0.4) is 0 Å². The van der Waals surface area contributed by atoms with Crippen molar-refractivity contribution in [1.82, 2.24) is 4.90 Å². The summed E-state index contributed by atoms with van der Waals surface area (Å²) >= 11 is 2.53. The van der Waals surface area contributed by atoms with Crippen LogP contribution >= 0.6 is 23.5 Å². The first-order valence-corrected chi connectivity index (χ1v) is 14.0. The van der Waals surface area contributed by atoms with E-state index in [0.29, 0.717) is 39.1 Å². The Morgan fingerprint density at radius 1 is 1.12 bits per heavy atom. The molecule has 0 saturated carbocycles. The fraction of sp³-hybridized carbons (Fsp3) is 0.207. The molecule has 206 valence electrons. The van der Waals surface area contributed by atoms with Crippen LogP contribution in [0.4, 0.5) is 30.2 Å². The third-order valence-corrected chi connectivity index (χ3v) is 7.94. The second-order valence-electron chi connectivity index (χ2n) is 8.92. The van der Waals surface area contributed by atoms with Gasteiger partial charge in [-0.3, -0.25) is 9.69 Å². The highest BCUT2D eigenvalue weighted by molar-refractivity contribution is 8.19. The Morgan fingerprint density at radius 2 is 1.90 bits per heavy atom. The summed E-state index contributed by atoms with van der Waals surface area (Å²) in [7, 11) is 3.86. The average Bonchev–Trinajstić information content (AvgIpc) is 3.21. The lowest BCUT2D eigenvalue weighted by Gasteiger charge is -2.17. The first-order chi connectivity index (χ1) is 19.1. The molecular formula is C29H26F3N5OS2. The molecule has 1 N–H and O–H groups in total. The number of rotatable bonds is 8. The molecule has 1 aliphatic heterocycles. The largest absolute Gasteiger partial charge is 0.416 e. The molecule has 11 heteroatoms. The fourth-order valence-electron chi connectivity index (χ4n) is 3.92. The number of nitrogens with zero attached hydrogens (tertiary/aromatic N) is 4. The van der Waals surface area contributed by atoms with Crippen LogP contribution in [0, 0.1) is 11.3 Å². The fourth-order valence-corrected chi connectivity index (χ4v) is 5.92. The number of nitriles is 1. The first kappa shape index (κ1) is 29.1. The van der Waals surface area contributed by atoms with Gasteiger partial charge in [-0.1, -0.05) is 36.0 Å². The zero-order valence-corrected chi connectivity index (χ0v) is 23.6. The number of amidine groups is 1. The maximum Gasteiger partial charge on any atom is 0.416 e. The molecule has 1 saturated heterocycles. The van der Waals surface area contributed by atoms with Crippen LogP contribution in [0.2, 0.25) is 0 Å². The number of benzene rings is 3. The van der Waals surface area contributed by atoms with Gasteiger partial charge >= 0.3 is 6.18 Å². The zero-order valence-electron chi connectivity index (χ0n) is 22.0. The van der Waals surface area contributed by atoms with Crippen molar-refractivity contribution < 1.29 is 18.0 Å². The average molecular weight is 582 g/mol. The van der Waals surface area contributed by atoms with E-state index in [4.69, 9.17) is 4.99 Å². The molecule has 1 amide bonds. The second kappa shape index (κ2) is 12.5. The lowest BCUT2D eigenvalue weighted by molar-refractivity contribution is -0.137. The van der Waals surface area contributed by atoms with Gasteiger partial charge in [0.1, 0.15) is 0 Å². The monoisotopic (exact) mass is 581 g/mol. The molecule has 4 rings (SSSR count). The molecule has 0 radical (unpaired) electrons. The number of halogens is 3. The van der Waals surface area contributed by atoms with Crippen LogP contribution in [0.1, 0.15) is 23.6 Å². The Bertz CT molecular complexity index is 1510. The van der Waals surface area contributed by atoms with Crippen molar-refractivity contribution in [3.05, 3.63) is 93.7 Å². The molecule has 0 atom stereocenters. The van der Waals surface area contributed by atoms with Gasteiger partial charge < -0.3 is 10.2 Å². The van der Waals surface area contributed by atoms with Crippen LogP contribution in [-0.2, 0) is 17.5 Å². The molecule has 0 bridgehead atoms. The van der Waals surface area contributed by atoms with Crippen LogP contribution < -0.4 is 10.2 Å². The van der Waals surface area contributed by atoms with Crippen molar-refractivity contribution in [3.63, 3.8) is 0 Å². The van der Waals surface area contributed by atoms with Gasteiger partial charge in [0, 0.05) is 25.5 Å². The van der Waals surface area contributed by atoms with Crippen LogP contribution in [0.15, 0.2) is 86.9 Å². The predicted octanol–water partition coefficient (Wildman–Crippen LogP) is 7.47. The second-order valence-corrected chi connectivity index (χ2v) is 10.8. The molecular weight excluding hydrogens is 555 g/mol. The van der Waals surface area contributed by atoms with Crippen molar-refractivity contribution in [3.8, 4) is 6.07 Å². The van der Waals surface area contributed by atoms with E-state index in [1.807, 2.05) is 50.2 Å². The summed E-state index contributed by atoms with van der Waals surface area (Å²) in [6, 6.07) is 19.8. The molecule has 6 nitrogen and oxygen atoms in total. The highest BCUT2D eigenvalue weighted by Crippen LogP contribution is 2.40. The number of thioether (sulfide) groups is 2. The summed E-state index contributed by atoms with van der Waals surface area (Å²) in [5, 5.41) is 14.7.